The molecule has 2 aliphatic heterocycles. The van der Waals surface area contributed by atoms with Crippen molar-refractivity contribution in [3.8, 4) is 6.07 Å². The second kappa shape index (κ2) is 6.19. The predicted molar refractivity (Wildman–Crippen MR) is 88.9 cm³/mol. The molecule has 1 aromatic rings. The number of carbonyl (C=O) groups is 1. The summed E-state index contributed by atoms with van der Waals surface area (Å²) >= 11 is 0. The molecule has 1 atom stereocenters. The van der Waals surface area contributed by atoms with Gasteiger partial charge in [-0.15, -0.1) is 0 Å². The molecule has 5 heteroatoms. The van der Waals surface area contributed by atoms with Crippen LogP contribution in [0.4, 0.5) is 5.82 Å². The maximum Gasteiger partial charge on any atom is 0.222 e. The molecule has 1 amide bonds. The highest BCUT2D eigenvalue weighted by atomic mass is 16.2. The number of hydrogen-bond acceptors (Lipinski definition) is 4. The van der Waals surface area contributed by atoms with E-state index in [1.54, 1.807) is 6.20 Å². The molecular weight excluding hydrogens is 288 g/mol. The van der Waals surface area contributed by atoms with Crippen molar-refractivity contribution in [3.63, 3.8) is 0 Å². The Bertz CT molecular complexity index is 619. The number of carbonyl (C=O) groups excluding carboxylic acids is 1. The molecule has 1 unspecified atom stereocenters. The lowest BCUT2D eigenvalue weighted by Crippen LogP contribution is -2.55. The van der Waals surface area contributed by atoms with E-state index < -0.39 is 0 Å². The third-order valence-corrected chi connectivity index (χ3v) is 5.18. The van der Waals surface area contributed by atoms with Gasteiger partial charge in [0, 0.05) is 43.7 Å². The van der Waals surface area contributed by atoms with Gasteiger partial charge in [0.2, 0.25) is 5.91 Å². The number of hydrogen-bond donors (Lipinski definition) is 0. The number of pyridine rings is 1. The Morgan fingerprint density at radius 2 is 2.13 bits per heavy atom. The van der Waals surface area contributed by atoms with Crippen LogP contribution in [0.5, 0.6) is 0 Å². The third kappa shape index (κ3) is 3.17. The molecule has 2 fully saturated rings. The molecule has 2 saturated heterocycles. The minimum Gasteiger partial charge on any atom is -0.356 e. The Labute approximate surface area is 137 Å². The van der Waals surface area contributed by atoms with Gasteiger partial charge >= 0.3 is 0 Å². The number of nitrogens with zero attached hydrogens (tertiary/aromatic N) is 4. The van der Waals surface area contributed by atoms with Crippen molar-refractivity contribution in [3.05, 3.63) is 23.9 Å². The lowest BCUT2D eigenvalue weighted by Gasteiger charge is -2.49. The Balaban J connectivity index is 1.77. The van der Waals surface area contributed by atoms with Gasteiger partial charge in [0.25, 0.3) is 0 Å². The summed E-state index contributed by atoms with van der Waals surface area (Å²) < 4.78 is 0. The number of amides is 1. The first-order chi connectivity index (χ1) is 11.0. The summed E-state index contributed by atoms with van der Waals surface area (Å²) in [5.41, 5.74) is 0.779. The maximum atomic E-state index is 12.2. The van der Waals surface area contributed by atoms with Gasteiger partial charge in [-0.05, 0) is 45.2 Å². The fourth-order valence-electron chi connectivity index (χ4n) is 3.89. The minimum atomic E-state index is 0.187. The zero-order chi connectivity index (χ0) is 16.4. The number of aromatic nitrogens is 1. The summed E-state index contributed by atoms with van der Waals surface area (Å²) in [6, 6.07) is 6.14. The van der Waals surface area contributed by atoms with E-state index in [0.717, 1.165) is 38.3 Å². The van der Waals surface area contributed by atoms with Crippen molar-refractivity contribution in [1.82, 2.24) is 9.88 Å². The molecule has 2 aliphatic rings. The molecular formula is C18H24N4O. The number of nitriles is 1. The monoisotopic (exact) mass is 312 g/mol. The molecule has 1 spiro atoms. The second-order valence-electron chi connectivity index (χ2n) is 7.16. The molecule has 3 heterocycles. The first kappa shape index (κ1) is 15.8. The summed E-state index contributed by atoms with van der Waals surface area (Å²) in [4.78, 5) is 21.0. The van der Waals surface area contributed by atoms with E-state index in [2.05, 4.69) is 29.8 Å². The van der Waals surface area contributed by atoms with Crippen molar-refractivity contribution in [2.75, 3.05) is 24.5 Å². The van der Waals surface area contributed by atoms with Gasteiger partial charge in [0.15, 0.2) is 0 Å². The van der Waals surface area contributed by atoms with Crippen LogP contribution in [0.2, 0.25) is 0 Å². The van der Waals surface area contributed by atoms with Gasteiger partial charge in [-0.3, -0.25) is 4.79 Å². The van der Waals surface area contributed by atoms with Gasteiger partial charge in [-0.25, -0.2) is 4.98 Å². The lowest BCUT2D eigenvalue weighted by molar-refractivity contribution is -0.140. The quantitative estimate of drug-likeness (QED) is 0.842. The molecule has 0 aliphatic carbocycles. The standard InChI is InChI=1S/C18H24N4O/c1-14(2)22-13-18(8-6-17(22)23)7-3-9-21(12-18)16-5-4-15(10-19)11-20-16/h4-5,11,14H,3,6-9,12-13H2,1-2H3. The molecule has 0 saturated carbocycles. The van der Waals surface area contributed by atoms with E-state index in [1.807, 2.05) is 17.0 Å². The van der Waals surface area contributed by atoms with E-state index in [-0.39, 0.29) is 11.5 Å². The normalized spacial score (nSPS) is 25.0. The van der Waals surface area contributed by atoms with Gasteiger partial charge in [0.05, 0.1) is 5.56 Å². The van der Waals surface area contributed by atoms with Crippen LogP contribution in [0.25, 0.3) is 0 Å². The van der Waals surface area contributed by atoms with Gasteiger partial charge in [-0.2, -0.15) is 5.26 Å². The van der Waals surface area contributed by atoms with Crippen molar-refractivity contribution in [1.29, 1.82) is 5.26 Å². The van der Waals surface area contributed by atoms with Crippen LogP contribution in [0.3, 0.4) is 0 Å². The third-order valence-electron chi connectivity index (χ3n) is 5.18. The van der Waals surface area contributed by atoms with Crippen molar-refractivity contribution in [2.45, 2.75) is 45.6 Å². The molecule has 5 nitrogen and oxygen atoms in total. The number of piperidine rings is 2. The SMILES string of the molecule is CC(C)N1CC2(CCCN(c3ccc(C#N)cn3)C2)CCC1=O. The van der Waals surface area contributed by atoms with Crippen molar-refractivity contribution in [2.24, 2.45) is 5.41 Å². The van der Waals surface area contributed by atoms with Crippen LogP contribution in [0, 0.1) is 16.7 Å². The van der Waals surface area contributed by atoms with E-state index >= 15 is 0 Å². The predicted octanol–water partition coefficient (Wildman–Crippen LogP) is 2.57. The van der Waals surface area contributed by atoms with E-state index in [1.165, 1.54) is 6.42 Å². The molecule has 0 aromatic carbocycles. The smallest absolute Gasteiger partial charge is 0.222 e. The summed E-state index contributed by atoms with van der Waals surface area (Å²) in [6.07, 6.45) is 5.58. The highest BCUT2D eigenvalue weighted by molar-refractivity contribution is 5.77. The molecule has 0 radical (unpaired) electrons. The number of likely N-dealkylation sites (tertiary alicyclic amines) is 1. The molecule has 3 rings (SSSR count). The van der Waals surface area contributed by atoms with Gasteiger partial charge in [-0.1, -0.05) is 0 Å². The molecule has 0 bridgehead atoms. The van der Waals surface area contributed by atoms with Crippen LogP contribution < -0.4 is 4.90 Å². The Kier molecular flexibility index (Phi) is 4.25. The largest absolute Gasteiger partial charge is 0.356 e. The van der Waals surface area contributed by atoms with Crippen LogP contribution in [-0.2, 0) is 4.79 Å². The highest BCUT2D eigenvalue weighted by Gasteiger charge is 2.42. The lowest BCUT2D eigenvalue weighted by atomic mass is 9.73. The Morgan fingerprint density at radius 3 is 2.78 bits per heavy atom. The highest BCUT2D eigenvalue weighted by Crippen LogP contribution is 2.40. The summed E-state index contributed by atoms with van der Waals surface area (Å²) in [5.74, 6) is 1.23. The maximum absolute atomic E-state index is 12.2. The second-order valence-corrected chi connectivity index (χ2v) is 7.16. The fourth-order valence-corrected chi connectivity index (χ4v) is 3.89. The first-order valence-electron chi connectivity index (χ1n) is 8.44. The van der Waals surface area contributed by atoms with Crippen LogP contribution >= 0.6 is 0 Å². The number of rotatable bonds is 2. The zero-order valence-electron chi connectivity index (χ0n) is 14.0. The van der Waals surface area contributed by atoms with Crippen molar-refractivity contribution < 1.29 is 4.79 Å². The van der Waals surface area contributed by atoms with Gasteiger partial charge < -0.3 is 9.80 Å². The Morgan fingerprint density at radius 1 is 1.30 bits per heavy atom. The average Bonchev–Trinajstić information content (AvgIpc) is 2.57. The van der Waals surface area contributed by atoms with Crippen molar-refractivity contribution >= 4 is 11.7 Å². The Hall–Kier alpha value is -2.09. The van der Waals surface area contributed by atoms with Crippen LogP contribution in [-0.4, -0.2) is 41.5 Å². The van der Waals surface area contributed by atoms with E-state index in [4.69, 9.17) is 5.26 Å². The summed E-state index contributed by atoms with van der Waals surface area (Å²) in [7, 11) is 0. The topological polar surface area (TPSA) is 60.2 Å². The molecule has 1 aromatic heterocycles. The molecule has 0 N–H and O–H groups in total. The van der Waals surface area contributed by atoms with Crippen LogP contribution in [0.15, 0.2) is 18.3 Å². The molecule has 122 valence electrons. The zero-order valence-corrected chi connectivity index (χ0v) is 14.0. The van der Waals surface area contributed by atoms with Gasteiger partial charge in [0.1, 0.15) is 11.9 Å². The number of anilines is 1. The fraction of sp³-hybridized carbons (Fsp3) is 0.611. The van der Waals surface area contributed by atoms with E-state index in [9.17, 15) is 4.79 Å². The van der Waals surface area contributed by atoms with Crippen LogP contribution in [0.1, 0.15) is 45.1 Å². The summed E-state index contributed by atoms with van der Waals surface area (Å²) in [5, 5.41) is 8.90. The average molecular weight is 312 g/mol. The minimum absolute atomic E-state index is 0.187. The first-order valence-corrected chi connectivity index (χ1v) is 8.44. The summed E-state index contributed by atoms with van der Waals surface area (Å²) in [6.45, 7) is 6.99. The molecule has 23 heavy (non-hydrogen) atoms. The van der Waals surface area contributed by atoms with E-state index in [0.29, 0.717) is 17.9 Å².